The zero-order valence-electron chi connectivity index (χ0n) is 43.9. The van der Waals surface area contributed by atoms with Gasteiger partial charge in [0.25, 0.3) is 0 Å². The van der Waals surface area contributed by atoms with E-state index in [-0.39, 0.29) is 84.0 Å². The highest BCUT2D eigenvalue weighted by atomic mass is 19.4. The third kappa shape index (κ3) is 10.8. The van der Waals surface area contributed by atoms with E-state index in [1.54, 1.807) is 34.3 Å². The van der Waals surface area contributed by atoms with Crippen LogP contribution in [0.5, 0.6) is 0 Å². The van der Waals surface area contributed by atoms with Gasteiger partial charge in [-0.15, -0.1) is 20.4 Å². The Morgan fingerprint density at radius 1 is 0.537 bits per heavy atom. The number of fused-ring (bicyclic) bond motifs is 6. The lowest BCUT2D eigenvalue weighted by atomic mass is 9.74. The van der Waals surface area contributed by atoms with E-state index in [1.165, 1.54) is 33.4 Å². The molecule has 12 rings (SSSR count). The van der Waals surface area contributed by atoms with E-state index in [0.29, 0.717) is 89.2 Å². The van der Waals surface area contributed by atoms with Crippen LogP contribution >= 0.6 is 0 Å². The molecule has 0 aliphatic carbocycles. The van der Waals surface area contributed by atoms with E-state index in [2.05, 4.69) is 41.0 Å². The predicted molar refractivity (Wildman–Crippen MR) is 272 cm³/mol. The maximum Gasteiger partial charge on any atom is 0.396 e. The molecule has 2 saturated heterocycles. The second kappa shape index (κ2) is 21.8. The number of alkyl halides is 6. The number of likely N-dealkylation sites (tertiary alicyclic amines) is 2. The maximum absolute atomic E-state index is 14.7. The molecule has 2 fully saturated rings. The minimum Gasteiger partial charge on any atom is -0.343 e. The highest BCUT2D eigenvalue weighted by molar-refractivity contribution is 6.06. The van der Waals surface area contributed by atoms with Crippen molar-refractivity contribution in [3.63, 3.8) is 0 Å². The monoisotopic (exact) mass is 1150 g/mol. The van der Waals surface area contributed by atoms with E-state index < -0.39 is 83.0 Å². The van der Waals surface area contributed by atoms with Gasteiger partial charge in [0.2, 0.25) is 23.6 Å². The minimum absolute atomic E-state index is 0.0279. The summed E-state index contributed by atoms with van der Waals surface area (Å²) in [4.78, 5) is 64.5. The zero-order chi connectivity index (χ0) is 57.9. The van der Waals surface area contributed by atoms with Gasteiger partial charge in [-0.1, -0.05) is 36.4 Å². The lowest BCUT2D eigenvalue weighted by molar-refractivity contribution is -0.135. The fourth-order valence-electron chi connectivity index (χ4n) is 13.0. The molecule has 6 aromatic rings. The molecule has 0 saturated carbocycles. The second-order valence-electron chi connectivity index (χ2n) is 22.0. The van der Waals surface area contributed by atoms with Gasteiger partial charge in [0.05, 0.1) is 10.8 Å². The molecule has 4 amide bonds. The van der Waals surface area contributed by atoms with Crippen LogP contribution in [0.25, 0.3) is 0 Å². The van der Waals surface area contributed by atoms with Gasteiger partial charge in [-0.2, -0.15) is 26.3 Å². The standard InChI is InChI=1S/2C28H27F5N6O2/c2*29-20-5-1-3-18(23(20)30)17-7-6-16(25-37-36-21(39(25)15-17)14-28(31,32)33)13-22(40)38-11-8-27(9-12-38)19-4-2-10-34-24(19)35-26(27)41/h2*1-5,10,16-17H,6-9,11-15H2,(H,34,35,41)/t2*16-,17-/m10/s1. The van der Waals surface area contributed by atoms with Crippen molar-refractivity contribution in [3.05, 3.63) is 142 Å². The molecule has 26 heteroatoms. The van der Waals surface area contributed by atoms with Gasteiger partial charge >= 0.3 is 12.4 Å². The Labute approximate surface area is 462 Å². The number of benzene rings is 2. The van der Waals surface area contributed by atoms with Crippen molar-refractivity contribution in [2.45, 2.75) is 137 Å². The van der Waals surface area contributed by atoms with Crippen molar-refractivity contribution in [1.29, 1.82) is 0 Å². The number of rotatable bonds is 8. The first-order chi connectivity index (χ1) is 39.1. The number of halogens is 10. The summed E-state index contributed by atoms with van der Waals surface area (Å²) in [7, 11) is 0. The second-order valence-corrected chi connectivity index (χ2v) is 22.0. The molecule has 2 N–H and O–H groups in total. The van der Waals surface area contributed by atoms with Crippen LogP contribution in [0.3, 0.4) is 0 Å². The van der Waals surface area contributed by atoms with Crippen LogP contribution in [0, 0.1) is 23.3 Å². The lowest BCUT2D eigenvalue weighted by Gasteiger charge is -2.38. The van der Waals surface area contributed by atoms with E-state index in [0.717, 1.165) is 23.3 Å². The summed E-state index contributed by atoms with van der Waals surface area (Å²) in [6.45, 7) is 1.20. The molecule has 2 spiro atoms. The topological polar surface area (TPSA) is 186 Å². The van der Waals surface area contributed by atoms with Crippen LogP contribution in [-0.4, -0.2) is 111 Å². The van der Waals surface area contributed by atoms with Gasteiger partial charge in [0, 0.05) is 99.3 Å². The molecule has 16 nitrogen and oxygen atoms in total. The number of hydrogen-bond acceptors (Lipinski definition) is 10. The average molecular weight is 1150 g/mol. The number of anilines is 2. The molecule has 6 aliphatic rings. The lowest BCUT2D eigenvalue weighted by Crippen LogP contribution is -2.48. The Kier molecular flexibility index (Phi) is 14.9. The van der Waals surface area contributed by atoms with Crippen LogP contribution in [0.15, 0.2) is 73.1 Å². The summed E-state index contributed by atoms with van der Waals surface area (Å²) in [6, 6.07) is 14.9. The summed E-state index contributed by atoms with van der Waals surface area (Å²) in [5.41, 5.74) is 0.277. The Balaban J connectivity index is 0.000000172. The molecule has 0 bridgehead atoms. The van der Waals surface area contributed by atoms with Gasteiger partial charge in [0.1, 0.15) is 47.8 Å². The average Bonchev–Trinajstić information content (AvgIpc) is 4.20. The fraction of sp³-hybridized carbons (Fsp3) is 0.464. The van der Waals surface area contributed by atoms with Crippen molar-refractivity contribution in [3.8, 4) is 0 Å². The molecule has 4 aromatic heterocycles. The van der Waals surface area contributed by atoms with Gasteiger partial charge < -0.3 is 29.6 Å². The summed E-state index contributed by atoms with van der Waals surface area (Å²) < 4.78 is 140. The van der Waals surface area contributed by atoms with Crippen molar-refractivity contribution in [2.24, 2.45) is 0 Å². The first-order valence-electron chi connectivity index (χ1n) is 27.1. The first kappa shape index (κ1) is 56.1. The van der Waals surface area contributed by atoms with Gasteiger partial charge in [-0.25, -0.2) is 27.5 Å². The number of nitrogens with one attached hydrogen (secondary N) is 2. The smallest absolute Gasteiger partial charge is 0.343 e. The molecular formula is C56H54F10N12O4. The third-order valence-corrected chi connectivity index (χ3v) is 17.3. The number of piperidine rings is 2. The molecule has 2 aromatic carbocycles. The van der Waals surface area contributed by atoms with Crippen LogP contribution in [0.4, 0.5) is 55.5 Å². The van der Waals surface area contributed by atoms with Crippen LogP contribution in [-0.2, 0) is 55.9 Å². The van der Waals surface area contributed by atoms with Gasteiger partial charge in [-0.05, 0) is 86.8 Å². The van der Waals surface area contributed by atoms with Gasteiger partial charge in [0.15, 0.2) is 23.3 Å². The summed E-state index contributed by atoms with van der Waals surface area (Å²) in [5.74, 6) is -6.31. The Hall–Kier alpha value is -7.80. The summed E-state index contributed by atoms with van der Waals surface area (Å²) in [6.07, 6.45) is -5.63. The molecule has 4 atom stereocenters. The molecular weight excluding hydrogens is 1090 g/mol. The van der Waals surface area contributed by atoms with E-state index in [4.69, 9.17) is 0 Å². The van der Waals surface area contributed by atoms with E-state index in [9.17, 15) is 63.1 Å². The van der Waals surface area contributed by atoms with Crippen molar-refractivity contribution < 1.29 is 63.1 Å². The zero-order valence-corrected chi connectivity index (χ0v) is 43.9. The number of pyridine rings is 2. The number of aromatic nitrogens is 8. The first-order valence-corrected chi connectivity index (χ1v) is 27.1. The molecule has 0 unspecified atom stereocenters. The third-order valence-electron chi connectivity index (χ3n) is 17.3. The highest BCUT2D eigenvalue weighted by Crippen LogP contribution is 2.47. The summed E-state index contributed by atoms with van der Waals surface area (Å²) >= 11 is 0. The quantitative estimate of drug-likeness (QED) is 0.139. The number of nitrogens with zero attached hydrogens (tertiary/aromatic N) is 10. The van der Waals surface area contributed by atoms with Crippen LogP contribution in [0.1, 0.15) is 133 Å². The highest BCUT2D eigenvalue weighted by Gasteiger charge is 2.51. The largest absolute Gasteiger partial charge is 0.396 e. The molecule has 10 heterocycles. The number of hydrogen-bond donors (Lipinski definition) is 2. The molecule has 6 aliphatic heterocycles. The maximum atomic E-state index is 14.7. The summed E-state index contributed by atoms with van der Waals surface area (Å²) in [5, 5.41) is 21.3. The van der Waals surface area contributed by atoms with Crippen LogP contribution < -0.4 is 10.6 Å². The Bertz CT molecular complexity index is 3220. The number of carbonyl (C=O) groups excluding carboxylic acids is 4. The van der Waals surface area contributed by atoms with Crippen molar-refractivity contribution in [1.82, 2.24) is 49.3 Å². The fourth-order valence-corrected chi connectivity index (χ4v) is 13.0. The molecule has 82 heavy (non-hydrogen) atoms. The molecule has 0 radical (unpaired) electrons. The Morgan fingerprint density at radius 3 is 1.30 bits per heavy atom. The molecule has 432 valence electrons. The minimum atomic E-state index is -4.55. The van der Waals surface area contributed by atoms with E-state index >= 15 is 0 Å². The predicted octanol–water partition coefficient (Wildman–Crippen LogP) is 9.24. The Morgan fingerprint density at radius 2 is 0.927 bits per heavy atom. The normalized spacial score (nSPS) is 21.8. The number of carbonyl (C=O) groups is 4. The van der Waals surface area contributed by atoms with E-state index in [1.807, 2.05) is 12.1 Å². The van der Waals surface area contributed by atoms with Crippen LogP contribution in [0.2, 0.25) is 0 Å². The number of amides is 4. The van der Waals surface area contributed by atoms with Gasteiger partial charge in [-0.3, -0.25) is 19.2 Å². The van der Waals surface area contributed by atoms with Crippen molar-refractivity contribution >= 4 is 35.3 Å². The SMILES string of the molecule is O=C(C[C@@H]1CC[C@H](c2cccc(F)c2F)Cn2c(CC(F)(F)F)nnc21)N1CCC2(CC1)C(=O)Nc1ncccc12.O=C(C[C@H]1CC[C@@H](c2cccc(F)c2F)Cn2c(CC(F)(F)F)nnc21)N1CCC2(CC1)C(=O)Nc1ncccc12. The van der Waals surface area contributed by atoms with Crippen molar-refractivity contribution in [2.75, 3.05) is 36.8 Å².